The zero-order chi connectivity index (χ0) is 14.7. The number of hydrogen-bond donors (Lipinski definition) is 2. The third-order valence-corrected chi connectivity index (χ3v) is 5.37. The summed E-state index contributed by atoms with van der Waals surface area (Å²) in [5, 5.41) is 7.10. The molecule has 2 aliphatic heterocycles. The van der Waals surface area contributed by atoms with Crippen LogP contribution in [-0.4, -0.2) is 30.6 Å². The molecular weight excluding hydrogens is 322 g/mol. The molecular formula is C15H24ClN3O2S. The van der Waals surface area contributed by atoms with Gasteiger partial charge in [-0.25, -0.2) is 4.98 Å². The molecule has 0 spiro atoms. The van der Waals surface area contributed by atoms with Crippen LogP contribution in [-0.2, 0) is 22.6 Å². The molecule has 2 N–H and O–H groups in total. The molecule has 2 unspecified atom stereocenters. The molecule has 0 saturated carbocycles. The molecule has 1 aromatic rings. The number of carbonyl (C=O) groups is 1. The molecule has 22 heavy (non-hydrogen) atoms. The van der Waals surface area contributed by atoms with Crippen molar-refractivity contribution in [3.63, 3.8) is 0 Å². The van der Waals surface area contributed by atoms with Gasteiger partial charge >= 0.3 is 0 Å². The summed E-state index contributed by atoms with van der Waals surface area (Å²) < 4.78 is 5.41. The van der Waals surface area contributed by atoms with Gasteiger partial charge in [0.1, 0.15) is 0 Å². The van der Waals surface area contributed by atoms with Crippen molar-refractivity contribution in [1.29, 1.82) is 0 Å². The number of piperidine rings is 1. The predicted molar refractivity (Wildman–Crippen MR) is 90.7 cm³/mol. The largest absolute Gasteiger partial charge is 0.375 e. The van der Waals surface area contributed by atoms with E-state index in [1.54, 1.807) is 11.3 Å². The second kappa shape index (κ2) is 8.24. The Morgan fingerprint density at radius 1 is 1.59 bits per heavy atom. The quantitative estimate of drug-likeness (QED) is 0.880. The molecule has 1 amide bonds. The third kappa shape index (κ3) is 4.41. The Morgan fingerprint density at radius 2 is 2.45 bits per heavy atom. The van der Waals surface area contributed by atoms with Crippen LogP contribution in [0.5, 0.6) is 0 Å². The summed E-state index contributed by atoms with van der Waals surface area (Å²) in [4.78, 5) is 17.8. The van der Waals surface area contributed by atoms with E-state index in [2.05, 4.69) is 22.5 Å². The van der Waals surface area contributed by atoms with Gasteiger partial charge in [0.2, 0.25) is 5.91 Å². The summed E-state index contributed by atoms with van der Waals surface area (Å²) in [6.07, 6.45) is 3.87. The van der Waals surface area contributed by atoms with Crippen LogP contribution in [0.4, 0.5) is 5.13 Å². The number of amides is 1. The Kier molecular flexibility index (Phi) is 6.62. The molecule has 0 radical (unpaired) electrons. The van der Waals surface area contributed by atoms with Crippen LogP contribution in [0.2, 0.25) is 0 Å². The monoisotopic (exact) mass is 345 g/mol. The number of hydrogen-bond acceptors (Lipinski definition) is 5. The second-order valence-corrected chi connectivity index (χ2v) is 7.11. The Balaban J connectivity index is 0.00000176. The standard InChI is InChI=1S/C15H23N3O2S.ClH/c1-10(11-3-2-5-16-8-11)7-14(19)18-15-17-12-4-6-20-9-13(12)21-15;/h10-11,16H,2-9H2,1H3,(H,17,18,19);1H. The number of thiazole rings is 1. The van der Waals surface area contributed by atoms with E-state index in [-0.39, 0.29) is 18.3 Å². The van der Waals surface area contributed by atoms with Gasteiger partial charge in [-0.1, -0.05) is 18.3 Å². The Bertz CT molecular complexity index is 479. The molecule has 0 aliphatic carbocycles. The van der Waals surface area contributed by atoms with E-state index in [9.17, 15) is 4.79 Å². The summed E-state index contributed by atoms with van der Waals surface area (Å²) in [5.41, 5.74) is 1.09. The number of aromatic nitrogens is 1. The maximum Gasteiger partial charge on any atom is 0.226 e. The Labute approximate surface area is 141 Å². The number of halogens is 1. The molecule has 7 heteroatoms. The molecule has 2 atom stereocenters. The highest BCUT2D eigenvalue weighted by atomic mass is 35.5. The average molecular weight is 346 g/mol. The summed E-state index contributed by atoms with van der Waals surface area (Å²) in [5.74, 6) is 1.11. The molecule has 0 bridgehead atoms. The van der Waals surface area contributed by atoms with E-state index >= 15 is 0 Å². The SMILES string of the molecule is CC(CC(=O)Nc1nc2c(s1)COCC2)C1CCCNC1.Cl. The van der Waals surface area contributed by atoms with E-state index in [1.807, 2.05) is 0 Å². The van der Waals surface area contributed by atoms with Crippen LogP contribution in [0.15, 0.2) is 0 Å². The van der Waals surface area contributed by atoms with Crippen molar-refractivity contribution in [1.82, 2.24) is 10.3 Å². The molecule has 1 aromatic heterocycles. The number of nitrogens with one attached hydrogen (secondary N) is 2. The maximum absolute atomic E-state index is 12.2. The molecule has 5 nitrogen and oxygen atoms in total. The van der Waals surface area contributed by atoms with Gasteiger partial charge in [-0.2, -0.15) is 0 Å². The normalized spacial score (nSPS) is 22.3. The van der Waals surface area contributed by atoms with Crippen molar-refractivity contribution >= 4 is 34.8 Å². The fraction of sp³-hybridized carbons (Fsp3) is 0.733. The Hall–Kier alpha value is -0.690. The number of fused-ring (bicyclic) bond motifs is 1. The minimum absolute atomic E-state index is 0. The van der Waals surface area contributed by atoms with Gasteiger partial charge in [-0.05, 0) is 37.8 Å². The minimum atomic E-state index is 0. The van der Waals surface area contributed by atoms with Gasteiger partial charge in [-0.3, -0.25) is 4.79 Å². The first-order chi connectivity index (χ1) is 10.2. The molecule has 1 fully saturated rings. The first kappa shape index (κ1) is 17.7. The van der Waals surface area contributed by atoms with Crippen LogP contribution in [0, 0.1) is 11.8 Å². The first-order valence-electron chi connectivity index (χ1n) is 7.79. The van der Waals surface area contributed by atoms with Crippen LogP contribution in [0.25, 0.3) is 0 Å². The van der Waals surface area contributed by atoms with Gasteiger partial charge in [-0.15, -0.1) is 12.4 Å². The smallest absolute Gasteiger partial charge is 0.226 e. The van der Waals surface area contributed by atoms with Crippen molar-refractivity contribution in [2.24, 2.45) is 11.8 Å². The molecule has 2 aliphatic rings. The van der Waals surface area contributed by atoms with Gasteiger partial charge < -0.3 is 15.4 Å². The van der Waals surface area contributed by atoms with E-state index in [0.29, 0.717) is 24.9 Å². The van der Waals surface area contributed by atoms with Crippen LogP contribution in [0.3, 0.4) is 0 Å². The number of ether oxygens (including phenoxy) is 1. The number of anilines is 1. The van der Waals surface area contributed by atoms with Gasteiger partial charge in [0.25, 0.3) is 0 Å². The first-order valence-corrected chi connectivity index (χ1v) is 8.61. The molecule has 0 aromatic carbocycles. The van der Waals surface area contributed by atoms with Crippen LogP contribution in [0.1, 0.15) is 36.8 Å². The van der Waals surface area contributed by atoms with E-state index < -0.39 is 0 Å². The van der Waals surface area contributed by atoms with Crippen molar-refractivity contribution in [2.45, 2.75) is 39.2 Å². The van der Waals surface area contributed by atoms with Crippen molar-refractivity contribution in [3.05, 3.63) is 10.6 Å². The van der Waals surface area contributed by atoms with E-state index in [1.165, 1.54) is 12.8 Å². The highest BCUT2D eigenvalue weighted by Crippen LogP contribution is 2.28. The minimum Gasteiger partial charge on any atom is -0.375 e. The van der Waals surface area contributed by atoms with Crippen LogP contribution >= 0.6 is 23.7 Å². The zero-order valence-corrected chi connectivity index (χ0v) is 14.5. The van der Waals surface area contributed by atoms with Crippen molar-refractivity contribution in [3.8, 4) is 0 Å². The van der Waals surface area contributed by atoms with Crippen molar-refractivity contribution < 1.29 is 9.53 Å². The van der Waals surface area contributed by atoms with E-state index in [0.717, 1.165) is 41.8 Å². The average Bonchev–Trinajstić information content (AvgIpc) is 2.90. The molecule has 124 valence electrons. The van der Waals surface area contributed by atoms with Gasteiger partial charge in [0.15, 0.2) is 5.13 Å². The summed E-state index contributed by atoms with van der Waals surface area (Å²) in [6, 6.07) is 0. The lowest BCUT2D eigenvalue weighted by molar-refractivity contribution is -0.117. The lowest BCUT2D eigenvalue weighted by Gasteiger charge is -2.27. The molecule has 3 rings (SSSR count). The highest BCUT2D eigenvalue weighted by molar-refractivity contribution is 7.15. The van der Waals surface area contributed by atoms with Gasteiger partial charge in [0.05, 0.1) is 23.8 Å². The topological polar surface area (TPSA) is 63.2 Å². The zero-order valence-electron chi connectivity index (χ0n) is 12.9. The maximum atomic E-state index is 12.2. The fourth-order valence-electron chi connectivity index (χ4n) is 3.07. The molecule has 1 saturated heterocycles. The number of carbonyl (C=O) groups excluding carboxylic acids is 1. The van der Waals surface area contributed by atoms with E-state index in [4.69, 9.17) is 4.74 Å². The summed E-state index contributed by atoms with van der Waals surface area (Å²) in [6.45, 7) is 5.69. The fourth-order valence-corrected chi connectivity index (χ4v) is 4.03. The molecule has 3 heterocycles. The van der Waals surface area contributed by atoms with Crippen LogP contribution < -0.4 is 10.6 Å². The highest BCUT2D eigenvalue weighted by Gasteiger charge is 2.23. The lowest BCUT2D eigenvalue weighted by Crippen LogP contribution is -2.34. The number of nitrogens with zero attached hydrogens (tertiary/aromatic N) is 1. The summed E-state index contributed by atoms with van der Waals surface area (Å²) >= 11 is 1.55. The summed E-state index contributed by atoms with van der Waals surface area (Å²) in [7, 11) is 0. The predicted octanol–water partition coefficient (Wildman–Crippen LogP) is 2.60. The number of rotatable bonds is 4. The van der Waals surface area contributed by atoms with Crippen molar-refractivity contribution in [2.75, 3.05) is 25.0 Å². The third-order valence-electron chi connectivity index (χ3n) is 4.39. The Morgan fingerprint density at radius 3 is 3.18 bits per heavy atom. The lowest BCUT2D eigenvalue weighted by atomic mass is 9.85. The van der Waals surface area contributed by atoms with Gasteiger partial charge in [0, 0.05) is 12.8 Å². The second-order valence-electron chi connectivity index (χ2n) is 6.03.